The van der Waals surface area contributed by atoms with Gasteiger partial charge in [0, 0.05) is 12.4 Å². The van der Waals surface area contributed by atoms with Gasteiger partial charge in [-0.25, -0.2) is 9.78 Å². The highest BCUT2D eigenvalue weighted by Gasteiger charge is 2.19. The maximum atomic E-state index is 11.8. The topological polar surface area (TPSA) is 63.7 Å². The Bertz CT molecular complexity index is 366. The van der Waals surface area contributed by atoms with E-state index >= 15 is 0 Å². The van der Waals surface area contributed by atoms with Crippen molar-refractivity contribution in [2.75, 3.05) is 33.4 Å². The van der Waals surface area contributed by atoms with Crippen LogP contribution in [0.1, 0.15) is 5.69 Å². The quantitative estimate of drug-likeness (QED) is 0.875. The number of nitrogens with zero attached hydrogens (tertiary/aromatic N) is 2. The maximum Gasteiger partial charge on any atom is 0.317 e. The highest BCUT2D eigenvalue weighted by atomic mass is 32.1. The van der Waals surface area contributed by atoms with Gasteiger partial charge < -0.3 is 19.7 Å². The van der Waals surface area contributed by atoms with E-state index in [0.717, 1.165) is 5.69 Å². The molecule has 2 amide bonds. The van der Waals surface area contributed by atoms with E-state index in [4.69, 9.17) is 9.47 Å². The molecule has 0 aliphatic carbocycles. The highest BCUT2D eigenvalue weighted by molar-refractivity contribution is 7.07. The van der Waals surface area contributed by atoms with Crippen molar-refractivity contribution in [2.24, 2.45) is 0 Å². The Morgan fingerprint density at radius 1 is 1.67 bits per heavy atom. The first-order valence-corrected chi connectivity index (χ1v) is 6.75. The Hall–Kier alpha value is -1.18. The Balaban J connectivity index is 1.70. The summed E-state index contributed by atoms with van der Waals surface area (Å²) < 4.78 is 10.8. The zero-order valence-electron chi connectivity index (χ0n) is 10.3. The number of hydrogen-bond acceptors (Lipinski definition) is 5. The Labute approximate surface area is 110 Å². The summed E-state index contributed by atoms with van der Waals surface area (Å²) >= 11 is 1.52. The molecule has 7 heteroatoms. The van der Waals surface area contributed by atoms with Crippen LogP contribution in [0, 0.1) is 0 Å². The molecule has 0 spiro atoms. The van der Waals surface area contributed by atoms with Crippen LogP contribution in [0.5, 0.6) is 0 Å². The fourth-order valence-corrected chi connectivity index (χ4v) is 2.21. The first-order valence-electron chi connectivity index (χ1n) is 5.81. The average Bonchev–Trinajstić information content (AvgIpc) is 2.90. The standard InChI is InChI=1S/C11H17N3O3S/c1-14(5-10-6-16-2-3-17-10)11(15)12-4-9-7-18-8-13-9/h7-8,10H,2-6H2,1H3,(H,12,15)/t10-/m0/s1. The first-order chi connectivity index (χ1) is 8.75. The van der Waals surface area contributed by atoms with Crippen LogP contribution < -0.4 is 5.32 Å². The normalized spacial score (nSPS) is 19.5. The number of nitrogens with one attached hydrogen (secondary N) is 1. The zero-order valence-corrected chi connectivity index (χ0v) is 11.1. The predicted molar refractivity (Wildman–Crippen MR) is 67.5 cm³/mol. The van der Waals surface area contributed by atoms with Crippen LogP contribution in [0.15, 0.2) is 10.9 Å². The third-order valence-electron chi connectivity index (χ3n) is 2.61. The van der Waals surface area contributed by atoms with Gasteiger partial charge in [0.05, 0.1) is 50.2 Å². The Morgan fingerprint density at radius 2 is 2.56 bits per heavy atom. The molecule has 1 aromatic rings. The Morgan fingerprint density at radius 3 is 3.22 bits per heavy atom. The van der Waals surface area contributed by atoms with E-state index < -0.39 is 0 Å². The van der Waals surface area contributed by atoms with Crippen LogP contribution >= 0.6 is 11.3 Å². The summed E-state index contributed by atoms with van der Waals surface area (Å²) in [6.45, 7) is 2.76. The number of carbonyl (C=O) groups excluding carboxylic acids is 1. The number of amides is 2. The van der Waals surface area contributed by atoms with Gasteiger partial charge in [0.2, 0.25) is 0 Å². The minimum Gasteiger partial charge on any atom is -0.376 e. The van der Waals surface area contributed by atoms with E-state index in [9.17, 15) is 4.79 Å². The monoisotopic (exact) mass is 271 g/mol. The van der Waals surface area contributed by atoms with E-state index in [-0.39, 0.29) is 12.1 Å². The number of rotatable bonds is 4. The van der Waals surface area contributed by atoms with Crippen molar-refractivity contribution < 1.29 is 14.3 Å². The summed E-state index contributed by atoms with van der Waals surface area (Å²) in [6.07, 6.45) is -0.0335. The van der Waals surface area contributed by atoms with Crippen molar-refractivity contribution in [3.05, 3.63) is 16.6 Å². The van der Waals surface area contributed by atoms with Gasteiger partial charge in [-0.3, -0.25) is 0 Å². The van der Waals surface area contributed by atoms with Crippen LogP contribution in [0.3, 0.4) is 0 Å². The van der Waals surface area contributed by atoms with Crippen molar-refractivity contribution in [2.45, 2.75) is 12.6 Å². The zero-order chi connectivity index (χ0) is 12.8. The van der Waals surface area contributed by atoms with Gasteiger partial charge in [-0.15, -0.1) is 11.3 Å². The Kier molecular flexibility index (Phi) is 4.91. The van der Waals surface area contributed by atoms with E-state index in [1.165, 1.54) is 11.3 Å². The van der Waals surface area contributed by atoms with Crippen molar-refractivity contribution in [1.82, 2.24) is 15.2 Å². The number of likely N-dealkylation sites (N-methyl/N-ethyl adjacent to an activating group) is 1. The van der Waals surface area contributed by atoms with E-state index in [1.807, 2.05) is 5.38 Å². The van der Waals surface area contributed by atoms with Crippen molar-refractivity contribution >= 4 is 17.4 Å². The lowest BCUT2D eigenvalue weighted by Crippen LogP contribution is -2.44. The van der Waals surface area contributed by atoms with E-state index in [1.54, 1.807) is 17.5 Å². The largest absolute Gasteiger partial charge is 0.376 e. The molecule has 1 saturated heterocycles. The number of urea groups is 1. The predicted octanol–water partition coefficient (Wildman–Crippen LogP) is 0.700. The first kappa shape index (κ1) is 13.3. The minimum atomic E-state index is -0.128. The molecule has 0 saturated carbocycles. The summed E-state index contributed by atoms with van der Waals surface area (Å²) in [4.78, 5) is 17.5. The van der Waals surface area contributed by atoms with Crippen LogP contribution in [-0.2, 0) is 16.0 Å². The van der Waals surface area contributed by atoms with Gasteiger partial charge in [-0.2, -0.15) is 0 Å². The molecule has 0 aromatic carbocycles. The van der Waals surface area contributed by atoms with Crippen molar-refractivity contribution in [3.63, 3.8) is 0 Å². The van der Waals surface area contributed by atoms with Gasteiger partial charge in [-0.1, -0.05) is 0 Å². The molecule has 1 N–H and O–H groups in total. The van der Waals surface area contributed by atoms with Crippen LogP contribution in [0.4, 0.5) is 4.79 Å². The molecular formula is C11H17N3O3S. The number of carbonyl (C=O) groups is 1. The van der Waals surface area contributed by atoms with Gasteiger partial charge >= 0.3 is 6.03 Å². The SMILES string of the molecule is CN(C[C@H]1COCCO1)C(=O)NCc1cscn1. The fraction of sp³-hybridized carbons (Fsp3) is 0.636. The molecule has 2 rings (SSSR count). The lowest BCUT2D eigenvalue weighted by Gasteiger charge is -2.27. The van der Waals surface area contributed by atoms with Crippen molar-refractivity contribution in [1.29, 1.82) is 0 Å². The maximum absolute atomic E-state index is 11.8. The second-order valence-corrected chi connectivity index (χ2v) is 4.81. The van der Waals surface area contributed by atoms with Gasteiger partial charge in [-0.05, 0) is 0 Å². The highest BCUT2D eigenvalue weighted by Crippen LogP contribution is 2.03. The summed E-state index contributed by atoms with van der Waals surface area (Å²) in [5.74, 6) is 0. The lowest BCUT2D eigenvalue weighted by molar-refractivity contribution is -0.0928. The third kappa shape index (κ3) is 3.94. The molecule has 6 nitrogen and oxygen atoms in total. The van der Waals surface area contributed by atoms with Gasteiger partial charge in [0.15, 0.2) is 0 Å². The summed E-state index contributed by atoms with van der Waals surface area (Å²) in [7, 11) is 1.74. The summed E-state index contributed by atoms with van der Waals surface area (Å²) in [6, 6.07) is -0.128. The van der Waals surface area contributed by atoms with Crippen LogP contribution in [0.25, 0.3) is 0 Å². The van der Waals surface area contributed by atoms with E-state index in [2.05, 4.69) is 10.3 Å². The number of thiazole rings is 1. The molecule has 0 bridgehead atoms. The van der Waals surface area contributed by atoms with E-state index in [0.29, 0.717) is 32.9 Å². The molecule has 1 aliphatic heterocycles. The second kappa shape index (κ2) is 6.67. The molecule has 1 fully saturated rings. The number of aromatic nitrogens is 1. The average molecular weight is 271 g/mol. The molecule has 18 heavy (non-hydrogen) atoms. The molecule has 0 unspecified atom stereocenters. The summed E-state index contributed by atoms with van der Waals surface area (Å²) in [5, 5.41) is 4.72. The van der Waals surface area contributed by atoms with Gasteiger partial charge in [0.25, 0.3) is 0 Å². The minimum absolute atomic E-state index is 0.0335. The molecule has 2 heterocycles. The van der Waals surface area contributed by atoms with Crippen LogP contribution in [0.2, 0.25) is 0 Å². The number of hydrogen-bond donors (Lipinski definition) is 1. The van der Waals surface area contributed by atoms with Crippen molar-refractivity contribution in [3.8, 4) is 0 Å². The smallest absolute Gasteiger partial charge is 0.317 e. The fourth-order valence-electron chi connectivity index (χ4n) is 1.66. The third-order valence-corrected chi connectivity index (χ3v) is 3.25. The van der Waals surface area contributed by atoms with Crippen LogP contribution in [-0.4, -0.2) is 55.4 Å². The summed E-state index contributed by atoms with van der Waals surface area (Å²) in [5.41, 5.74) is 2.62. The molecule has 1 atom stereocenters. The molecule has 100 valence electrons. The van der Waals surface area contributed by atoms with Gasteiger partial charge in [0.1, 0.15) is 0 Å². The molecule has 1 aromatic heterocycles. The molecule has 1 aliphatic rings. The molecular weight excluding hydrogens is 254 g/mol. The molecule has 0 radical (unpaired) electrons. The lowest BCUT2D eigenvalue weighted by atomic mass is 10.3. The second-order valence-electron chi connectivity index (χ2n) is 4.09. The number of ether oxygens (including phenoxy) is 2.